The number of carbonyl (C=O) groups excluding carboxylic acids is 1. The molecule has 1 rings (SSSR count). The summed E-state index contributed by atoms with van der Waals surface area (Å²) in [6, 6.07) is 0. The number of aliphatic hydroxyl groups is 1. The second kappa shape index (κ2) is 3.05. The number of aliphatic hydroxyl groups excluding tert-OH is 1. The fraction of sp³-hybridized carbons (Fsp3) is 0.889. The third kappa shape index (κ3) is 1.78. The van der Waals surface area contributed by atoms with Gasteiger partial charge in [-0.2, -0.15) is 0 Å². The molecule has 0 radical (unpaired) electrons. The smallest absolute Gasteiger partial charge is 0.221 e. The molecule has 0 heterocycles. The minimum atomic E-state index is -0.254. The molecule has 70 valence electrons. The first-order valence-electron chi connectivity index (χ1n) is 4.41. The fourth-order valence-electron chi connectivity index (χ4n) is 2.13. The lowest BCUT2D eigenvalue weighted by atomic mass is 9.67. The molecule has 0 saturated heterocycles. The Kier molecular flexibility index (Phi) is 2.42. The number of amides is 1. The predicted molar refractivity (Wildman–Crippen MR) is 46.3 cm³/mol. The minimum Gasteiger partial charge on any atom is -0.393 e. The van der Waals surface area contributed by atoms with Crippen LogP contribution in [0.4, 0.5) is 0 Å². The summed E-state index contributed by atoms with van der Waals surface area (Å²) in [6.45, 7) is 3.98. The quantitative estimate of drug-likeness (QED) is 0.608. The summed E-state index contributed by atoms with van der Waals surface area (Å²) < 4.78 is 0. The Balaban J connectivity index is 2.70. The summed E-state index contributed by atoms with van der Waals surface area (Å²) in [4.78, 5) is 11.0. The maximum Gasteiger partial charge on any atom is 0.221 e. The van der Waals surface area contributed by atoms with Gasteiger partial charge in [-0.1, -0.05) is 13.8 Å². The van der Waals surface area contributed by atoms with Crippen LogP contribution in [0.5, 0.6) is 0 Å². The summed E-state index contributed by atoms with van der Waals surface area (Å²) in [6.07, 6.45) is 1.86. The SMILES string of the molecule is CC1(C)C[C@H](O)CCC1C(N)=O. The molecule has 12 heavy (non-hydrogen) atoms. The molecule has 0 aromatic carbocycles. The zero-order valence-corrected chi connectivity index (χ0v) is 7.71. The third-order valence-electron chi connectivity index (χ3n) is 2.84. The predicted octanol–water partition coefficient (Wildman–Crippen LogP) is 0.659. The van der Waals surface area contributed by atoms with E-state index in [-0.39, 0.29) is 23.3 Å². The molecule has 0 aromatic heterocycles. The third-order valence-corrected chi connectivity index (χ3v) is 2.84. The lowest BCUT2D eigenvalue weighted by molar-refractivity contribution is -0.128. The molecule has 1 amide bonds. The van der Waals surface area contributed by atoms with Gasteiger partial charge in [-0.3, -0.25) is 4.79 Å². The van der Waals surface area contributed by atoms with E-state index in [0.29, 0.717) is 12.8 Å². The molecular formula is C9H17NO2. The maximum atomic E-state index is 11.0. The van der Waals surface area contributed by atoms with Gasteiger partial charge in [-0.15, -0.1) is 0 Å². The van der Waals surface area contributed by atoms with E-state index >= 15 is 0 Å². The number of nitrogens with two attached hydrogens (primary N) is 1. The van der Waals surface area contributed by atoms with Gasteiger partial charge < -0.3 is 10.8 Å². The number of hydrogen-bond acceptors (Lipinski definition) is 2. The van der Waals surface area contributed by atoms with Crippen LogP contribution in [0, 0.1) is 11.3 Å². The first kappa shape index (κ1) is 9.52. The van der Waals surface area contributed by atoms with Crippen molar-refractivity contribution in [3.8, 4) is 0 Å². The lowest BCUT2D eigenvalue weighted by Crippen LogP contribution is -2.41. The van der Waals surface area contributed by atoms with E-state index in [2.05, 4.69) is 0 Å². The van der Waals surface area contributed by atoms with Gasteiger partial charge in [0.1, 0.15) is 0 Å². The van der Waals surface area contributed by atoms with Gasteiger partial charge in [0, 0.05) is 5.92 Å². The average molecular weight is 171 g/mol. The summed E-state index contributed by atoms with van der Waals surface area (Å²) >= 11 is 0. The van der Waals surface area contributed by atoms with Gasteiger partial charge in [0.25, 0.3) is 0 Å². The molecule has 0 aromatic rings. The van der Waals surface area contributed by atoms with Crippen molar-refractivity contribution < 1.29 is 9.90 Å². The summed E-state index contributed by atoms with van der Waals surface area (Å²) in [5.41, 5.74) is 5.13. The molecule has 1 aliphatic rings. The minimum absolute atomic E-state index is 0.0686. The molecule has 1 unspecified atom stereocenters. The maximum absolute atomic E-state index is 11.0. The van der Waals surface area contributed by atoms with Crippen LogP contribution in [0.25, 0.3) is 0 Å². The Morgan fingerprint density at radius 3 is 2.50 bits per heavy atom. The molecule has 3 N–H and O–H groups in total. The first-order chi connectivity index (χ1) is 5.43. The second-order valence-electron chi connectivity index (χ2n) is 4.38. The Labute approximate surface area is 72.9 Å². The molecule has 0 aliphatic heterocycles. The molecule has 3 nitrogen and oxygen atoms in total. The Bertz CT molecular complexity index is 189. The average Bonchev–Trinajstić information content (AvgIpc) is 1.82. The zero-order valence-electron chi connectivity index (χ0n) is 7.71. The van der Waals surface area contributed by atoms with E-state index in [1.165, 1.54) is 0 Å². The van der Waals surface area contributed by atoms with Crippen molar-refractivity contribution in [2.75, 3.05) is 0 Å². The molecule has 0 spiro atoms. The normalized spacial score (nSPS) is 34.6. The van der Waals surface area contributed by atoms with Crippen LogP contribution in [0.15, 0.2) is 0 Å². The summed E-state index contributed by atoms with van der Waals surface area (Å²) in [7, 11) is 0. The lowest BCUT2D eigenvalue weighted by Gasteiger charge is -2.38. The molecule has 1 aliphatic carbocycles. The fourth-order valence-corrected chi connectivity index (χ4v) is 2.13. The standard InChI is InChI=1S/C9H17NO2/c1-9(2)5-6(11)3-4-7(9)8(10)12/h6-7,11H,3-5H2,1-2H3,(H2,10,12)/t6-,7?/m1/s1. The topological polar surface area (TPSA) is 63.3 Å². The summed E-state index contributed by atoms with van der Waals surface area (Å²) in [5, 5.41) is 9.39. The van der Waals surface area contributed by atoms with Crippen LogP contribution in [0.1, 0.15) is 33.1 Å². The van der Waals surface area contributed by atoms with E-state index in [1.54, 1.807) is 0 Å². The monoisotopic (exact) mass is 171 g/mol. The van der Waals surface area contributed by atoms with Crippen LogP contribution in [0.3, 0.4) is 0 Å². The number of hydrogen-bond donors (Lipinski definition) is 2. The van der Waals surface area contributed by atoms with Gasteiger partial charge in [0.2, 0.25) is 5.91 Å². The van der Waals surface area contributed by atoms with Gasteiger partial charge in [0.15, 0.2) is 0 Å². The van der Waals surface area contributed by atoms with Crippen LogP contribution in [-0.2, 0) is 4.79 Å². The highest BCUT2D eigenvalue weighted by molar-refractivity contribution is 5.77. The van der Waals surface area contributed by atoms with Crippen molar-refractivity contribution in [3.05, 3.63) is 0 Å². The Hall–Kier alpha value is -0.570. The van der Waals surface area contributed by atoms with Crippen LogP contribution in [-0.4, -0.2) is 17.1 Å². The molecule has 2 atom stereocenters. The van der Waals surface area contributed by atoms with E-state index in [4.69, 9.17) is 5.73 Å². The van der Waals surface area contributed by atoms with E-state index in [9.17, 15) is 9.90 Å². The van der Waals surface area contributed by atoms with Crippen molar-refractivity contribution in [3.63, 3.8) is 0 Å². The van der Waals surface area contributed by atoms with E-state index < -0.39 is 0 Å². The highest BCUT2D eigenvalue weighted by Gasteiger charge is 2.39. The molecule has 1 saturated carbocycles. The summed E-state index contributed by atoms with van der Waals surface area (Å²) in [5.74, 6) is -0.298. The van der Waals surface area contributed by atoms with Crippen LogP contribution < -0.4 is 5.73 Å². The molecule has 3 heteroatoms. The van der Waals surface area contributed by atoms with Gasteiger partial charge in [-0.05, 0) is 24.7 Å². The Morgan fingerprint density at radius 1 is 1.50 bits per heavy atom. The van der Waals surface area contributed by atoms with Gasteiger partial charge >= 0.3 is 0 Å². The molecule has 1 fully saturated rings. The largest absolute Gasteiger partial charge is 0.393 e. The van der Waals surface area contributed by atoms with E-state index in [0.717, 1.165) is 6.42 Å². The molecular weight excluding hydrogens is 154 g/mol. The number of carbonyl (C=O) groups is 1. The number of primary amides is 1. The van der Waals surface area contributed by atoms with Gasteiger partial charge in [0.05, 0.1) is 6.10 Å². The van der Waals surface area contributed by atoms with Crippen LogP contribution in [0.2, 0.25) is 0 Å². The van der Waals surface area contributed by atoms with Gasteiger partial charge in [-0.25, -0.2) is 0 Å². The Morgan fingerprint density at radius 2 is 2.08 bits per heavy atom. The highest BCUT2D eigenvalue weighted by Crippen LogP contribution is 2.40. The highest BCUT2D eigenvalue weighted by atomic mass is 16.3. The van der Waals surface area contributed by atoms with Crippen molar-refractivity contribution in [1.29, 1.82) is 0 Å². The van der Waals surface area contributed by atoms with Crippen molar-refractivity contribution in [2.45, 2.75) is 39.2 Å². The second-order valence-corrected chi connectivity index (χ2v) is 4.38. The van der Waals surface area contributed by atoms with Crippen LogP contribution >= 0.6 is 0 Å². The van der Waals surface area contributed by atoms with Crippen molar-refractivity contribution >= 4 is 5.91 Å². The zero-order chi connectivity index (χ0) is 9.35. The van der Waals surface area contributed by atoms with E-state index in [1.807, 2.05) is 13.8 Å². The number of rotatable bonds is 1. The first-order valence-corrected chi connectivity index (χ1v) is 4.41. The van der Waals surface area contributed by atoms with Crippen molar-refractivity contribution in [2.24, 2.45) is 17.1 Å². The molecule has 0 bridgehead atoms. The van der Waals surface area contributed by atoms with Crippen molar-refractivity contribution in [1.82, 2.24) is 0 Å².